The summed E-state index contributed by atoms with van der Waals surface area (Å²) in [5.74, 6) is -0.327. The molecule has 0 unspecified atom stereocenters. The van der Waals surface area contributed by atoms with Crippen molar-refractivity contribution in [1.82, 2.24) is 14.7 Å². The zero-order valence-corrected chi connectivity index (χ0v) is 13.9. The summed E-state index contributed by atoms with van der Waals surface area (Å²) < 4.78 is 7.22. The van der Waals surface area contributed by atoms with E-state index >= 15 is 0 Å². The van der Waals surface area contributed by atoms with Crippen LogP contribution in [0, 0.1) is 6.92 Å². The van der Waals surface area contributed by atoms with Crippen molar-refractivity contribution in [2.45, 2.75) is 26.4 Å². The maximum atomic E-state index is 12.8. The number of para-hydroxylation sites is 1. The molecule has 1 saturated heterocycles. The number of amides is 1. The normalized spacial score (nSPS) is 17.8. The average molecular weight is 327 g/mol. The van der Waals surface area contributed by atoms with Crippen molar-refractivity contribution in [3.8, 4) is 5.69 Å². The van der Waals surface area contributed by atoms with Gasteiger partial charge < -0.3 is 9.64 Å². The lowest BCUT2D eigenvalue weighted by atomic mass is 10.2. The Morgan fingerprint density at radius 3 is 2.79 bits per heavy atom. The minimum Gasteiger partial charge on any atom is -0.375 e. The van der Waals surface area contributed by atoms with E-state index in [9.17, 15) is 9.59 Å². The van der Waals surface area contributed by atoms with E-state index in [4.69, 9.17) is 4.74 Å². The lowest BCUT2D eigenvalue weighted by Crippen LogP contribution is -2.47. The zero-order valence-electron chi connectivity index (χ0n) is 13.9. The summed E-state index contributed by atoms with van der Waals surface area (Å²) >= 11 is 0. The van der Waals surface area contributed by atoms with Crippen molar-refractivity contribution in [2.75, 3.05) is 19.7 Å². The first-order valence-corrected chi connectivity index (χ1v) is 8.17. The summed E-state index contributed by atoms with van der Waals surface area (Å²) in [6, 6.07) is 10.9. The van der Waals surface area contributed by atoms with Gasteiger partial charge in [-0.15, -0.1) is 0 Å². The fourth-order valence-electron chi connectivity index (χ4n) is 2.83. The van der Waals surface area contributed by atoms with Gasteiger partial charge in [0, 0.05) is 24.8 Å². The fraction of sp³-hybridized carbons (Fsp3) is 0.389. The smallest absolute Gasteiger partial charge is 0.278 e. The monoisotopic (exact) mass is 327 g/mol. The maximum Gasteiger partial charge on any atom is 0.278 e. The van der Waals surface area contributed by atoms with Gasteiger partial charge >= 0.3 is 0 Å². The van der Waals surface area contributed by atoms with E-state index in [2.05, 4.69) is 5.10 Å². The summed E-state index contributed by atoms with van der Waals surface area (Å²) in [7, 11) is 0. The van der Waals surface area contributed by atoms with Crippen LogP contribution in [0.25, 0.3) is 5.69 Å². The molecule has 0 aliphatic carbocycles. The second-order valence-electron chi connectivity index (χ2n) is 5.90. The Morgan fingerprint density at radius 2 is 2.08 bits per heavy atom. The Hall–Kier alpha value is -2.47. The quantitative estimate of drug-likeness (QED) is 0.862. The van der Waals surface area contributed by atoms with E-state index in [-0.39, 0.29) is 23.1 Å². The molecule has 0 N–H and O–H groups in total. The molecule has 6 nitrogen and oxygen atoms in total. The third-order valence-corrected chi connectivity index (χ3v) is 4.19. The van der Waals surface area contributed by atoms with Crippen LogP contribution in [0.5, 0.6) is 0 Å². The summed E-state index contributed by atoms with van der Waals surface area (Å²) in [4.78, 5) is 26.7. The Morgan fingerprint density at radius 1 is 1.33 bits per heavy atom. The molecule has 0 spiro atoms. The van der Waals surface area contributed by atoms with Crippen LogP contribution in [0.4, 0.5) is 0 Å². The molecule has 1 aromatic carbocycles. The number of rotatable bonds is 3. The topological polar surface area (TPSA) is 64.4 Å². The van der Waals surface area contributed by atoms with Crippen LogP contribution in [0.2, 0.25) is 0 Å². The Labute approximate surface area is 140 Å². The fourth-order valence-corrected chi connectivity index (χ4v) is 2.83. The van der Waals surface area contributed by atoms with Crippen molar-refractivity contribution in [3.63, 3.8) is 0 Å². The third kappa shape index (κ3) is 3.23. The molecule has 1 amide bonds. The van der Waals surface area contributed by atoms with Crippen molar-refractivity contribution in [3.05, 3.63) is 58.0 Å². The number of benzene rings is 1. The van der Waals surface area contributed by atoms with E-state index in [1.807, 2.05) is 37.3 Å². The molecular weight excluding hydrogens is 306 g/mol. The standard InChI is InChI=1S/C18H21N3O3/c1-3-15-12-20(9-10-24-15)18(23)17-16(22)11-13(2)21(19-17)14-7-5-4-6-8-14/h4-8,11,15H,3,9-10,12H2,1-2H3/t15-/m0/s1. The molecule has 1 aliphatic rings. The van der Waals surface area contributed by atoms with E-state index in [0.29, 0.717) is 25.4 Å². The molecule has 6 heteroatoms. The number of morpholine rings is 1. The minimum absolute atomic E-state index is 0.0181. The van der Waals surface area contributed by atoms with Gasteiger partial charge in [0.25, 0.3) is 5.91 Å². The molecule has 1 fully saturated rings. The van der Waals surface area contributed by atoms with Gasteiger partial charge in [0.2, 0.25) is 5.43 Å². The predicted octanol–water partition coefficient (Wildman–Crippen LogP) is 1.79. The van der Waals surface area contributed by atoms with Crippen LogP contribution in [-0.4, -0.2) is 46.4 Å². The highest BCUT2D eigenvalue weighted by Gasteiger charge is 2.27. The van der Waals surface area contributed by atoms with Gasteiger partial charge in [-0.3, -0.25) is 9.59 Å². The van der Waals surface area contributed by atoms with Gasteiger partial charge in [-0.1, -0.05) is 25.1 Å². The average Bonchev–Trinajstić information content (AvgIpc) is 2.62. The molecule has 1 atom stereocenters. The summed E-state index contributed by atoms with van der Waals surface area (Å²) in [5.41, 5.74) is 1.12. The molecule has 0 radical (unpaired) electrons. The number of hydrogen-bond acceptors (Lipinski definition) is 4. The number of ether oxygens (including phenoxy) is 1. The molecule has 2 heterocycles. The first-order chi connectivity index (χ1) is 11.6. The first-order valence-electron chi connectivity index (χ1n) is 8.17. The van der Waals surface area contributed by atoms with Crippen LogP contribution in [0.3, 0.4) is 0 Å². The van der Waals surface area contributed by atoms with Gasteiger partial charge in [-0.25, -0.2) is 4.68 Å². The molecule has 126 valence electrons. The number of nitrogens with zero attached hydrogens (tertiary/aromatic N) is 3. The second-order valence-corrected chi connectivity index (χ2v) is 5.90. The van der Waals surface area contributed by atoms with Crippen LogP contribution < -0.4 is 5.43 Å². The van der Waals surface area contributed by atoms with Crippen LogP contribution in [-0.2, 0) is 4.74 Å². The van der Waals surface area contributed by atoms with Crippen LogP contribution >= 0.6 is 0 Å². The number of aryl methyl sites for hydroxylation is 1. The van der Waals surface area contributed by atoms with Crippen molar-refractivity contribution < 1.29 is 9.53 Å². The highest BCUT2D eigenvalue weighted by Crippen LogP contribution is 2.12. The largest absolute Gasteiger partial charge is 0.375 e. The van der Waals surface area contributed by atoms with Crippen LogP contribution in [0.1, 0.15) is 29.5 Å². The summed E-state index contributed by atoms with van der Waals surface area (Å²) in [5, 5.41) is 4.34. The van der Waals surface area contributed by atoms with Crippen molar-refractivity contribution in [2.24, 2.45) is 0 Å². The third-order valence-electron chi connectivity index (χ3n) is 4.19. The molecule has 2 aromatic rings. The van der Waals surface area contributed by atoms with Crippen molar-refractivity contribution >= 4 is 5.91 Å². The number of carbonyl (C=O) groups is 1. The second kappa shape index (κ2) is 6.97. The molecule has 1 aromatic heterocycles. The van der Waals surface area contributed by atoms with Crippen LogP contribution in [0.15, 0.2) is 41.2 Å². The molecule has 3 rings (SSSR count). The van der Waals surface area contributed by atoms with Gasteiger partial charge in [-0.05, 0) is 25.5 Å². The zero-order chi connectivity index (χ0) is 17.1. The summed E-state index contributed by atoms with van der Waals surface area (Å²) in [6.45, 7) is 5.29. The summed E-state index contributed by atoms with van der Waals surface area (Å²) in [6.07, 6.45) is 0.851. The Balaban J connectivity index is 1.96. The minimum atomic E-state index is -0.343. The van der Waals surface area contributed by atoms with Crippen molar-refractivity contribution in [1.29, 1.82) is 0 Å². The first kappa shape index (κ1) is 16.4. The lowest BCUT2D eigenvalue weighted by molar-refractivity contribution is -0.0229. The van der Waals surface area contributed by atoms with E-state index in [0.717, 1.165) is 12.1 Å². The SMILES string of the molecule is CC[C@H]1CN(C(=O)c2nn(-c3ccccc3)c(C)cc2=O)CCO1. The number of aromatic nitrogens is 2. The number of hydrogen-bond donors (Lipinski definition) is 0. The Bertz CT molecular complexity index is 786. The highest BCUT2D eigenvalue weighted by atomic mass is 16.5. The molecule has 24 heavy (non-hydrogen) atoms. The van der Waals surface area contributed by atoms with E-state index in [1.165, 1.54) is 6.07 Å². The maximum absolute atomic E-state index is 12.8. The van der Waals surface area contributed by atoms with Gasteiger partial charge in [0.1, 0.15) is 0 Å². The molecule has 0 bridgehead atoms. The number of carbonyl (C=O) groups excluding carboxylic acids is 1. The highest BCUT2D eigenvalue weighted by molar-refractivity contribution is 5.92. The molecule has 0 saturated carbocycles. The van der Waals surface area contributed by atoms with E-state index < -0.39 is 0 Å². The van der Waals surface area contributed by atoms with E-state index in [1.54, 1.807) is 16.5 Å². The Kier molecular flexibility index (Phi) is 4.76. The lowest BCUT2D eigenvalue weighted by Gasteiger charge is -2.32. The van der Waals surface area contributed by atoms with Gasteiger partial charge in [0.15, 0.2) is 5.69 Å². The molecule has 1 aliphatic heterocycles. The van der Waals surface area contributed by atoms with Gasteiger partial charge in [0.05, 0.1) is 18.4 Å². The van der Waals surface area contributed by atoms with Gasteiger partial charge in [-0.2, -0.15) is 5.10 Å². The predicted molar refractivity (Wildman–Crippen MR) is 90.5 cm³/mol. The molecular formula is C18H21N3O3.